The van der Waals surface area contributed by atoms with Gasteiger partial charge in [-0.1, -0.05) is 60.7 Å². The molecule has 0 aliphatic carbocycles. The second-order valence-corrected chi connectivity index (χ2v) is 10.4. The first-order valence-electron chi connectivity index (χ1n) is 14.0. The van der Waals surface area contributed by atoms with Gasteiger partial charge in [0.25, 0.3) is 5.91 Å². The third-order valence-corrected chi connectivity index (χ3v) is 7.19. The van der Waals surface area contributed by atoms with Gasteiger partial charge in [-0.05, 0) is 59.2 Å². The minimum Gasteiger partial charge on any atom is -0.494 e. The molecule has 0 saturated carbocycles. The highest BCUT2D eigenvalue weighted by molar-refractivity contribution is 6.01. The Labute approximate surface area is 252 Å². The Morgan fingerprint density at radius 2 is 1.61 bits per heavy atom. The zero-order valence-corrected chi connectivity index (χ0v) is 23.6. The lowest BCUT2D eigenvalue weighted by molar-refractivity contribution is -0.137. The quantitative estimate of drug-likeness (QED) is 0.153. The summed E-state index contributed by atoms with van der Waals surface area (Å²) in [4.78, 5) is 19.1. The highest BCUT2D eigenvalue weighted by Gasteiger charge is 2.53. The van der Waals surface area contributed by atoms with E-state index in [9.17, 15) is 22.4 Å². The van der Waals surface area contributed by atoms with E-state index in [1.165, 1.54) is 0 Å². The maximum Gasteiger partial charge on any atom is 0.416 e. The highest BCUT2D eigenvalue weighted by atomic mass is 19.4. The number of alkyl halides is 3. The zero-order chi connectivity index (χ0) is 31.2. The molecule has 0 fully saturated rings. The Kier molecular flexibility index (Phi) is 9.29. The predicted molar refractivity (Wildman–Crippen MR) is 157 cm³/mol. The van der Waals surface area contributed by atoms with Gasteiger partial charge in [0, 0.05) is 31.6 Å². The van der Waals surface area contributed by atoms with E-state index in [2.05, 4.69) is 5.32 Å². The summed E-state index contributed by atoms with van der Waals surface area (Å²) in [6, 6.07) is 27.4. The monoisotopic (exact) mass is 606 g/mol. The number of hydrogen-bond acceptors (Lipinski definition) is 5. The number of nitrogens with one attached hydrogen (secondary N) is 1. The minimum absolute atomic E-state index is 0.0118. The molecule has 6 nitrogen and oxygen atoms in total. The number of carbonyl (C=O) groups is 1. The summed E-state index contributed by atoms with van der Waals surface area (Å²) in [5.41, 5.74) is -0.702. The molecule has 0 aromatic heterocycles. The molecule has 0 bridgehead atoms. The first-order chi connectivity index (χ1) is 21.2. The van der Waals surface area contributed by atoms with E-state index in [-0.39, 0.29) is 31.0 Å². The summed E-state index contributed by atoms with van der Waals surface area (Å²) < 4.78 is 66.2. The van der Waals surface area contributed by atoms with Crippen LogP contribution in [0.5, 0.6) is 5.75 Å². The van der Waals surface area contributed by atoms with Crippen LogP contribution < -0.4 is 10.1 Å². The lowest BCUT2D eigenvalue weighted by atomic mass is 9.82. The van der Waals surface area contributed by atoms with Crippen molar-refractivity contribution in [1.82, 2.24) is 5.32 Å². The van der Waals surface area contributed by atoms with Crippen molar-refractivity contribution in [3.8, 4) is 5.75 Å². The molecule has 0 unspecified atom stereocenters. The van der Waals surface area contributed by atoms with Crippen LogP contribution in [-0.4, -0.2) is 35.7 Å². The first kappa shape index (κ1) is 30.7. The smallest absolute Gasteiger partial charge is 0.416 e. The van der Waals surface area contributed by atoms with E-state index in [0.29, 0.717) is 36.0 Å². The molecule has 0 spiro atoms. The summed E-state index contributed by atoms with van der Waals surface area (Å²) >= 11 is 0. The fourth-order valence-corrected chi connectivity index (χ4v) is 5.07. The van der Waals surface area contributed by atoms with Crippen molar-refractivity contribution in [2.24, 2.45) is 4.99 Å². The summed E-state index contributed by atoms with van der Waals surface area (Å²) in [6.07, 6.45) is -5.04. The number of aliphatic imine (C=N–C) groups is 1. The van der Waals surface area contributed by atoms with E-state index in [0.717, 1.165) is 17.7 Å². The predicted octanol–water partition coefficient (Wildman–Crippen LogP) is 6.42. The van der Waals surface area contributed by atoms with Crippen LogP contribution >= 0.6 is 0 Å². The average molecular weight is 607 g/mol. The van der Waals surface area contributed by atoms with Crippen molar-refractivity contribution < 1.29 is 36.9 Å². The number of aliphatic hydroxyl groups excluding tert-OH is 1. The SMILES string of the molecule is O=C(NCc1cc(F)cc(C(F)(F)F)c1)[C@]1(Cc2ccccc2)N=C(c2ccc(OCCCO)cc2)O[C@@H]1c1ccccc1. The molecule has 228 valence electrons. The number of nitrogens with zero attached hydrogens (tertiary/aromatic N) is 1. The summed E-state index contributed by atoms with van der Waals surface area (Å²) in [5.74, 6) is -0.857. The van der Waals surface area contributed by atoms with Crippen molar-refractivity contribution in [3.63, 3.8) is 0 Å². The summed E-state index contributed by atoms with van der Waals surface area (Å²) in [5, 5.41) is 11.7. The molecule has 0 radical (unpaired) electrons. The second kappa shape index (κ2) is 13.3. The van der Waals surface area contributed by atoms with Gasteiger partial charge in [-0.15, -0.1) is 0 Å². The molecule has 10 heteroatoms. The van der Waals surface area contributed by atoms with E-state index in [1.807, 2.05) is 60.7 Å². The summed E-state index contributed by atoms with van der Waals surface area (Å²) in [7, 11) is 0. The fourth-order valence-electron chi connectivity index (χ4n) is 5.07. The normalized spacial score (nSPS) is 17.9. The third kappa shape index (κ3) is 7.08. The van der Waals surface area contributed by atoms with Crippen molar-refractivity contribution in [3.05, 3.63) is 137 Å². The van der Waals surface area contributed by atoms with Crippen LogP contribution in [0, 0.1) is 5.82 Å². The van der Waals surface area contributed by atoms with Crippen molar-refractivity contribution in [2.45, 2.75) is 37.2 Å². The number of hydrogen-bond donors (Lipinski definition) is 2. The van der Waals surface area contributed by atoms with Gasteiger partial charge >= 0.3 is 6.18 Å². The van der Waals surface area contributed by atoms with Gasteiger partial charge in [0.2, 0.25) is 5.90 Å². The number of aliphatic hydroxyl groups is 1. The molecule has 1 amide bonds. The maximum absolute atomic E-state index is 14.2. The van der Waals surface area contributed by atoms with Crippen LogP contribution in [0.4, 0.5) is 17.6 Å². The zero-order valence-electron chi connectivity index (χ0n) is 23.6. The molecule has 1 aliphatic heterocycles. The first-order valence-corrected chi connectivity index (χ1v) is 14.0. The number of rotatable bonds is 11. The lowest BCUT2D eigenvalue weighted by Crippen LogP contribution is -2.49. The second-order valence-electron chi connectivity index (χ2n) is 10.4. The highest BCUT2D eigenvalue weighted by Crippen LogP contribution is 2.42. The number of amides is 1. The number of carbonyl (C=O) groups excluding carboxylic acids is 1. The number of ether oxygens (including phenoxy) is 2. The molecule has 1 aliphatic rings. The molecule has 44 heavy (non-hydrogen) atoms. The topological polar surface area (TPSA) is 80.2 Å². The Morgan fingerprint density at radius 3 is 2.27 bits per heavy atom. The van der Waals surface area contributed by atoms with Crippen LogP contribution in [0.25, 0.3) is 0 Å². The molecule has 2 atom stereocenters. The number of halogens is 4. The third-order valence-electron chi connectivity index (χ3n) is 7.19. The van der Waals surface area contributed by atoms with E-state index in [1.54, 1.807) is 24.3 Å². The molecule has 0 saturated heterocycles. The van der Waals surface area contributed by atoms with Gasteiger partial charge in [0.15, 0.2) is 11.6 Å². The Balaban J connectivity index is 1.52. The van der Waals surface area contributed by atoms with Gasteiger partial charge in [0.1, 0.15) is 11.6 Å². The average Bonchev–Trinajstić information content (AvgIpc) is 3.41. The van der Waals surface area contributed by atoms with Crippen LogP contribution in [0.1, 0.15) is 40.3 Å². The van der Waals surface area contributed by atoms with Gasteiger partial charge in [-0.3, -0.25) is 4.79 Å². The van der Waals surface area contributed by atoms with Crippen LogP contribution in [0.15, 0.2) is 108 Å². The molecule has 2 N–H and O–H groups in total. The van der Waals surface area contributed by atoms with Crippen molar-refractivity contribution in [2.75, 3.05) is 13.2 Å². The van der Waals surface area contributed by atoms with E-state index in [4.69, 9.17) is 19.6 Å². The lowest BCUT2D eigenvalue weighted by Gasteiger charge is -2.31. The molecule has 4 aromatic rings. The molecule has 5 rings (SSSR count). The van der Waals surface area contributed by atoms with Gasteiger partial charge in [-0.25, -0.2) is 9.38 Å². The molecular weight excluding hydrogens is 576 g/mol. The summed E-state index contributed by atoms with van der Waals surface area (Å²) in [6.45, 7) is -0.000167. The van der Waals surface area contributed by atoms with Gasteiger partial charge in [-0.2, -0.15) is 13.2 Å². The Bertz CT molecular complexity index is 1600. The Hall–Kier alpha value is -4.70. The van der Waals surface area contributed by atoms with Crippen molar-refractivity contribution >= 4 is 11.8 Å². The van der Waals surface area contributed by atoms with Crippen LogP contribution in [-0.2, 0) is 28.7 Å². The van der Waals surface area contributed by atoms with Gasteiger partial charge < -0.3 is 19.9 Å². The Morgan fingerprint density at radius 1 is 0.932 bits per heavy atom. The fraction of sp³-hybridized carbons (Fsp3) is 0.235. The minimum atomic E-state index is -4.74. The largest absolute Gasteiger partial charge is 0.494 e. The molecule has 1 heterocycles. The van der Waals surface area contributed by atoms with Crippen LogP contribution in [0.2, 0.25) is 0 Å². The van der Waals surface area contributed by atoms with Gasteiger partial charge in [0.05, 0.1) is 12.2 Å². The van der Waals surface area contributed by atoms with E-state index < -0.39 is 35.1 Å². The van der Waals surface area contributed by atoms with E-state index >= 15 is 0 Å². The maximum atomic E-state index is 14.2. The standard InChI is InChI=1S/C34H30F4N2O4/c35-28-19-24(18-27(20-28)34(36,37)38)22-39-32(42)33(21-23-8-3-1-4-9-23)30(25-10-5-2-6-11-25)44-31(40-33)26-12-14-29(15-13-26)43-17-7-16-41/h1-6,8-15,18-20,30,41H,7,16-17,21-22H2,(H,39,42)/t30-,33-/m1/s1. The number of benzene rings is 4. The van der Waals surface area contributed by atoms with Crippen LogP contribution in [0.3, 0.4) is 0 Å². The van der Waals surface area contributed by atoms with Crippen molar-refractivity contribution in [1.29, 1.82) is 0 Å². The molecule has 4 aromatic carbocycles. The molecular formula is C34H30F4N2O4.